The van der Waals surface area contributed by atoms with Crippen LogP contribution in [0.5, 0.6) is 0 Å². The number of aryl methyl sites for hydroxylation is 2. The fraction of sp³-hybridized carbons (Fsp3) is 0.381. The van der Waals surface area contributed by atoms with E-state index in [9.17, 15) is 18.4 Å². The molecule has 1 aliphatic rings. The molecule has 1 unspecified atom stereocenters. The van der Waals surface area contributed by atoms with Crippen molar-refractivity contribution < 1.29 is 27.6 Å². The first kappa shape index (κ1) is 24.8. The quantitative estimate of drug-likeness (QED) is 0.176. The largest absolute Gasteiger partial charge is 0.588 e. The molecule has 14 heteroatoms. The van der Waals surface area contributed by atoms with Crippen LogP contribution in [0.4, 0.5) is 0 Å². The van der Waals surface area contributed by atoms with Crippen molar-refractivity contribution in [1.82, 2.24) is 24.8 Å². The number of rotatable bonds is 10. The van der Waals surface area contributed by atoms with E-state index in [1.54, 1.807) is 0 Å². The highest BCUT2D eigenvalue weighted by atomic mass is 32.3. The highest BCUT2D eigenvalue weighted by molar-refractivity contribution is 7.98. The Morgan fingerprint density at radius 2 is 2.17 bits per heavy atom. The molecular formula is C21H24N6O6S2. The third-order valence-corrected chi connectivity index (χ3v) is 8.15. The van der Waals surface area contributed by atoms with Gasteiger partial charge in [-0.15, -0.1) is 10.2 Å². The summed E-state index contributed by atoms with van der Waals surface area (Å²) in [6, 6.07) is 5.62. The molecule has 2 N–H and O–H groups in total. The summed E-state index contributed by atoms with van der Waals surface area (Å²) in [5.41, 5.74) is -0.343. The molecule has 12 nitrogen and oxygen atoms in total. The second-order valence-corrected chi connectivity index (χ2v) is 10.6. The number of nitrogens with one attached hydrogen (secondary N) is 2. The van der Waals surface area contributed by atoms with Crippen LogP contribution in [0.25, 0.3) is 0 Å². The van der Waals surface area contributed by atoms with Crippen molar-refractivity contribution in [2.24, 2.45) is 5.16 Å². The van der Waals surface area contributed by atoms with E-state index in [1.807, 2.05) is 4.72 Å². The molecular weight excluding hydrogens is 496 g/mol. The zero-order valence-corrected chi connectivity index (χ0v) is 20.5. The molecule has 186 valence electrons. The lowest BCUT2D eigenvalue weighted by molar-refractivity contribution is -0.113. The van der Waals surface area contributed by atoms with Crippen molar-refractivity contribution in [2.75, 3.05) is 13.7 Å². The Bertz CT molecular complexity index is 1270. The number of thiophene rings is 1. The molecule has 3 aromatic rings. The minimum Gasteiger partial charge on any atom is -0.588 e. The summed E-state index contributed by atoms with van der Waals surface area (Å²) in [7, 11) is -3.03. The minimum atomic E-state index is -4.25. The molecule has 0 fully saturated rings. The van der Waals surface area contributed by atoms with Crippen LogP contribution in [0.1, 0.15) is 46.3 Å². The van der Waals surface area contributed by atoms with Gasteiger partial charge in [0, 0.05) is 32.0 Å². The van der Waals surface area contributed by atoms with Gasteiger partial charge < -0.3 is 23.7 Å². The molecule has 4 heterocycles. The normalized spacial score (nSPS) is 15.2. The minimum absolute atomic E-state index is 0.0393. The molecule has 2 amide bonds. The molecule has 0 saturated heterocycles. The topological polar surface area (TPSA) is 164 Å². The monoisotopic (exact) mass is 520 g/mol. The lowest BCUT2D eigenvalue weighted by Gasteiger charge is -2.14. The van der Waals surface area contributed by atoms with Gasteiger partial charge in [0.2, 0.25) is 9.92 Å². The van der Waals surface area contributed by atoms with Gasteiger partial charge in [-0.3, -0.25) is 9.59 Å². The SMILES string of the molecule is CON=C(C(=O)N[S+](=O)([O-])c1ccc(C(=O)NCCCc2nnc3n2CCCC3)s1)c1ccco1. The molecule has 0 aliphatic carbocycles. The number of carbonyl (C=O) groups excluding carboxylic acids is 2. The zero-order chi connectivity index (χ0) is 24.8. The molecule has 0 aromatic carbocycles. The number of hydrogen-bond acceptors (Lipinski definition) is 10. The number of amides is 2. The lowest BCUT2D eigenvalue weighted by atomic mass is 10.1. The Hall–Kier alpha value is -3.36. The van der Waals surface area contributed by atoms with Crippen molar-refractivity contribution in [1.29, 1.82) is 0 Å². The fourth-order valence-electron chi connectivity index (χ4n) is 3.60. The third kappa shape index (κ3) is 5.83. The van der Waals surface area contributed by atoms with E-state index in [4.69, 9.17) is 4.42 Å². The van der Waals surface area contributed by atoms with Crippen LogP contribution in [0.15, 0.2) is 44.3 Å². The van der Waals surface area contributed by atoms with E-state index in [0.29, 0.717) is 19.4 Å². The lowest BCUT2D eigenvalue weighted by Crippen LogP contribution is -2.40. The maximum Gasteiger partial charge on any atom is 0.318 e. The molecule has 1 aliphatic heterocycles. The predicted octanol–water partition coefficient (Wildman–Crippen LogP) is 1.70. The molecule has 0 saturated carbocycles. The summed E-state index contributed by atoms with van der Waals surface area (Å²) < 4.78 is 34.3. The van der Waals surface area contributed by atoms with Crippen molar-refractivity contribution in [3.8, 4) is 0 Å². The van der Waals surface area contributed by atoms with Crippen molar-refractivity contribution in [3.63, 3.8) is 0 Å². The number of sulfonamides is 1. The zero-order valence-electron chi connectivity index (χ0n) is 18.9. The van der Waals surface area contributed by atoms with Gasteiger partial charge in [-0.25, -0.2) is 0 Å². The van der Waals surface area contributed by atoms with Gasteiger partial charge in [-0.1, -0.05) is 20.7 Å². The summed E-state index contributed by atoms with van der Waals surface area (Å²) in [5.74, 6) is 0.539. The number of carbonyl (C=O) groups is 2. The maximum absolute atomic E-state index is 12.7. The van der Waals surface area contributed by atoms with Gasteiger partial charge in [0.1, 0.15) is 18.8 Å². The van der Waals surface area contributed by atoms with Crippen molar-refractivity contribution in [2.45, 2.75) is 42.9 Å². The van der Waals surface area contributed by atoms with Crippen LogP contribution < -0.4 is 10.0 Å². The fourth-order valence-corrected chi connectivity index (χ4v) is 5.77. The standard InChI is InChI=1S/C21H24N6O6S2/c1-32-25-19(14-6-5-13-33-14)21(29)26-35(30,31)18-10-9-15(34-18)20(28)22-11-4-8-17-24-23-16-7-2-3-12-27(16)17/h5-6,9-10,13H,2-4,7-8,11-12H2,1H3,(H2-,22,26,28,29,30,31). The van der Waals surface area contributed by atoms with Crippen LogP contribution in [0.3, 0.4) is 0 Å². The molecule has 3 aromatic heterocycles. The van der Waals surface area contributed by atoms with Gasteiger partial charge in [-0.2, -0.15) is 4.72 Å². The number of hydrogen-bond donors (Lipinski definition) is 2. The Kier molecular flexibility index (Phi) is 7.73. The molecule has 0 radical (unpaired) electrons. The van der Waals surface area contributed by atoms with E-state index in [-0.39, 0.29) is 20.6 Å². The first-order chi connectivity index (χ1) is 16.9. The highest BCUT2D eigenvalue weighted by Crippen LogP contribution is 2.25. The van der Waals surface area contributed by atoms with E-state index in [0.717, 1.165) is 48.8 Å². The molecule has 0 spiro atoms. The van der Waals surface area contributed by atoms with Crippen LogP contribution in [0.2, 0.25) is 0 Å². The predicted molar refractivity (Wildman–Crippen MR) is 125 cm³/mol. The number of nitrogens with zero attached hydrogens (tertiary/aromatic N) is 4. The van der Waals surface area contributed by atoms with E-state index < -0.39 is 22.2 Å². The third-order valence-electron chi connectivity index (χ3n) is 5.25. The maximum atomic E-state index is 12.7. The summed E-state index contributed by atoms with van der Waals surface area (Å²) >= 11 is 0.751. The van der Waals surface area contributed by atoms with E-state index in [2.05, 4.69) is 30.1 Å². The van der Waals surface area contributed by atoms with Crippen LogP contribution in [-0.2, 0) is 43.6 Å². The Labute approximate surface area is 206 Å². The highest BCUT2D eigenvalue weighted by Gasteiger charge is 2.31. The van der Waals surface area contributed by atoms with Gasteiger partial charge in [0.05, 0.1) is 11.1 Å². The van der Waals surface area contributed by atoms with Crippen LogP contribution in [-0.4, -0.2) is 50.5 Å². The average molecular weight is 521 g/mol. The van der Waals surface area contributed by atoms with Crippen molar-refractivity contribution >= 4 is 39.3 Å². The summed E-state index contributed by atoms with van der Waals surface area (Å²) in [5, 5.41) is 14.8. The van der Waals surface area contributed by atoms with E-state index in [1.165, 1.54) is 37.6 Å². The van der Waals surface area contributed by atoms with Gasteiger partial charge in [-0.05, 0) is 37.5 Å². The number of aromatic nitrogens is 3. The summed E-state index contributed by atoms with van der Waals surface area (Å²) in [4.78, 5) is 29.8. The smallest absolute Gasteiger partial charge is 0.318 e. The van der Waals surface area contributed by atoms with Gasteiger partial charge in [0.15, 0.2) is 16.2 Å². The van der Waals surface area contributed by atoms with Crippen molar-refractivity contribution in [3.05, 3.63) is 52.8 Å². The van der Waals surface area contributed by atoms with Crippen LogP contribution in [0, 0.1) is 0 Å². The Morgan fingerprint density at radius 1 is 1.31 bits per heavy atom. The summed E-state index contributed by atoms with van der Waals surface area (Å²) in [6.07, 6.45) is 5.85. The Balaban J connectivity index is 1.31. The van der Waals surface area contributed by atoms with Gasteiger partial charge >= 0.3 is 5.91 Å². The first-order valence-corrected chi connectivity index (χ1v) is 13.2. The second kappa shape index (κ2) is 10.9. The molecule has 1 atom stereocenters. The molecule has 4 rings (SSSR count). The number of fused-ring (bicyclic) bond motifs is 1. The Morgan fingerprint density at radius 3 is 2.94 bits per heavy atom. The first-order valence-electron chi connectivity index (χ1n) is 10.9. The molecule has 35 heavy (non-hydrogen) atoms. The summed E-state index contributed by atoms with van der Waals surface area (Å²) in [6.45, 7) is 1.32. The number of furan rings is 1. The molecule has 0 bridgehead atoms. The van der Waals surface area contributed by atoms with Crippen LogP contribution >= 0.6 is 11.3 Å². The second-order valence-electron chi connectivity index (χ2n) is 7.65. The van der Waals surface area contributed by atoms with Gasteiger partial charge in [0.25, 0.3) is 5.91 Å². The number of oxime groups is 1. The van der Waals surface area contributed by atoms with E-state index >= 15 is 0 Å². The average Bonchev–Trinajstić information content (AvgIpc) is 3.61.